The zero-order chi connectivity index (χ0) is 24.2. The first kappa shape index (κ1) is 25.2. The average Bonchev–Trinajstić information content (AvgIpc) is 2.87. The first-order valence-electron chi connectivity index (χ1n) is 11.2. The van der Waals surface area contributed by atoms with Gasteiger partial charge in [0.15, 0.2) is 0 Å². The summed E-state index contributed by atoms with van der Waals surface area (Å²) in [7, 11) is 0. The molecular formula is C27H30N2O5. The number of nitrogens with one attached hydrogen (secondary N) is 1. The number of rotatable bonds is 13. The minimum atomic E-state index is -0.723. The molecule has 0 aliphatic carbocycles. The van der Waals surface area contributed by atoms with E-state index in [1.807, 2.05) is 42.5 Å². The van der Waals surface area contributed by atoms with Crippen LogP contribution in [0.5, 0.6) is 11.5 Å². The van der Waals surface area contributed by atoms with Crippen LogP contribution < -0.4 is 10.1 Å². The Morgan fingerprint density at radius 1 is 0.971 bits per heavy atom. The fraction of sp³-hybridized carbons (Fsp3) is 0.296. The number of ether oxygens (including phenoxy) is 2. The third-order valence-corrected chi connectivity index (χ3v) is 5.33. The van der Waals surface area contributed by atoms with Crippen molar-refractivity contribution in [3.8, 4) is 17.6 Å². The molecule has 7 heteroatoms. The molecule has 1 atom stereocenters. The molecule has 34 heavy (non-hydrogen) atoms. The number of hydrogen-bond donors (Lipinski definition) is 4. The lowest BCUT2D eigenvalue weighted by atomic mass is 10.1. The van der Waals surface area contributed by atoms with E-state index in [0.29, 0.717) is 49.6 Å². The molecule has 0 aliphatic heterocycles. The standard InChI is InChI=1S/C27H30N2O5/c28-16-21-2-1-3-22(14-21)19-33-12-13-34-25-7-4-20(5-8-25)10-11-29-17-27(32)23-6-9-26(31)24(15-23)18-30/h1-9,14-15,27,29-32H,10-13,17-19H2/t27-/m1/s1. The van der Waals surface area contributed by atoms with Crippen molar-refractivity contribution in [2.45, 2.75) is 25.7 Å². The molecule has 0 spiro atoms. The van der Waals surface area contributed by atoms with Crippen molar-refractivity contribution < 1.29 is 24.8 Å². The Labute approximate surface area is 199 Å². The Kier molecular flexibility index (Phi) is 9.89. The molecule has 0 bridgehead atoms. The highest BCUT2D eigenvalue weighted by molar-refractivity contribution is 5.36. The van der Waals surface area contributed by atoms with Crippen molar-refractivity contribution in [2.75, 3.05) is 26.3 Å². The molecule has 0 fully saturated rings. The average molecular weight is 463 g/mol. The summed E-state index contributed by atoms with van der Waals surface area (Å²) < 4.78 is 11.3. The molecule has 0 heterocycles. The number of nitriles is 1. The summed E-state index contributed by atoms with van der Waals surface area (Å²) in [6.45, 7) is 2.12. The van der Waals surface area contributed by atoms with Gasteiger partial charge in [-0.25, -0.2) is 0 Å². The number of aliphatic hydroxyl groups is 2. The van der Waals surface area contributed by atoms with Crippen molar-refractivity contribution in [1.29, 1.82) is 5.26 Å². The third-order valence-electron chi connectivity index (χ3n) is 5.33. The molecule has 0 saturated heterocycles. The Morgan fingerprint density at radius 2 is 1.79 bits per heavy atom. The van der Waals surface area contributed by atoms with Gasteiger partial charge in [0.25, 0.3) is 0 Å². The highest BCUT2D eigenvalue weighted by Crippen LogP contribution is 2.22. The summed E-state index contributed by atoms with van der Waals surface area (Å²) in [6, 6.07) is 22.1. The summed E-state index contributed by atoms with van der Waals surface area (Å²) in [5.41, 5.74) is 3.78. The largest absolute Gasteiger partial charge is 0.508 e. The topological polar surface area (TPSA) is 115 Å². The second kappa shape index (κ2) is 13.3. The second-order valence-corrected chi connectivity index (χ2v) is 7.87. The van der Waals surface area contributed by atoms with Gasteiger partial charge >= 0.3 is 0 Å². The zero-order valence-electron chi connectivity index (χ0n) is 19.0. The number of aromatic hydroxyl groups is 1. The third kappa shape index (κ3) is 7.87. The van der Waals surface area contributed by atoms with E-state index in [0.717, 1.165) is 23.3 Å². The summed E-state index contributed by atoms with van der Waals surface area (Å²) in [6.07, 6.45) is 0.0780. The van der Waals surface area contributed by atoms with E-state index in [1.54, 1.807) is 18.2 Å². The maximum atomic E-state index is 10.3. The van der Waals surface area contributed by atoms with Gasteiger partial charge in [0.05, 0.1) is 37.6 Å². The fourth-order valence-corrected chi connectivity index (χ4v) is 3.42. The molecule has 178 valence electrons. The number of benzene rings is 3. The van der Waals surface area contributed by atoms with E-state index in [9.17, 15) is 15.3 Å². The van der Waals surface area contributed by atoms with Gasteiger partial charge in [-0.1, -0.05) is 30.3 Å². The minimum absolute atomic E-state index is 0.0219. The lowest BCUT2D eigenvalue weighted by Gasteiger charge is -2.14. The van der Waals surface area contributed by atoms with E-state index < -0.39 is 6.10 Å². The summed E-state index contributed by atoms with van der Waals surface area (Å²) in [4.78, 5) is 0. The monoisotopic (exact) mass is 462 g/mol. The molecule has 7 nitrogen and oxygen atoms in total. The molecule has 3 aromatic carbocycles. The fourth-order valence-electron chi connectivity index (χ4n) is 3.42. The summed E-state index contributed by atoms with van der Waals surface area (Å²) in [5.74, 6) is 0.794. The molecule has 3 rings (SSSR count). The van der Waals surface area contributed by atoms with Crippen LogP contribution in [-0.2, 0) is 24.4 Å². The van der Waals surface area contributed by atoms with Crippen LogP contribution in [-0.4, -0.2) is 41.6 Å². The normalized spacial score (nSPS) is 11.7. The second-order valence-electron chi connectivity index (χ2n) is 7.87. The van der Waals surface area contributed by atoms with Crippen LogP contribution >= 0.6 is 0 Å². The van der Waals surface area contributed by atoms with Gasteiger partial charge in [-0.2, -0.15) is 5.26 Å². The van der Waals surface area contributed by atoms with E-state index in [-0.39, 0.29) is 12.4 Å². The van der Waals surface area contributed by atoms with Gasteiger partial charge in [-0.3, -0.25) is 0 Å². The Morgan fingerprint density at radius 3 is 2.56 bits per heavy atom. The lowest BCUT2D eigenvalue weighted by Crippen LogP contribution is -2.23. The van der Waals surface area contributed by atoms with Crippen LogP contribution in [0, 0.1) is 11.3 Å². The van der Waals surface area contributed by atoms with Crippen molar-refractivity contribution in [3.05, 3.63) is 94.5 Å². The number of phenols is 1. The van der Waals surface area contributed by atoms with E-state index in [2.05, 4.69) is 11.4 Å². The van der Waals surface area contributed by atoms with Crippen LogP contribution in [0.2, 0.25) is 0 Å². The van der Waals surface area contributed by atoms with Crippen molar-refractivity contribution in [2.24, 2.45) is 0 Å². The number of hydrogen-bond acceptors (Lipinski definition) is 7. The van der Waals surface area contributed by atoms with Gasteiger partial charge in [0.1, 0.15) is 18.1 Å². The van der Waals surface area contributed by atoms with E-state index in [4.69, 9.17) is 14.7 Å². The maximum Gasteiger partial charge on any atom is 0.121 e. The van der Waals surface area contributed by atoms with Gasteiger partial charge < -0.3 is 30.1 Å². The maximum absolute atomic E-state index is 10.3. The van der Waals surface area contributed by atoms with Crippen LogP contribution in [0.3, 0.4) is 0 Å². The van der Waals surface area contributed by atoms with E-state index in [1.165, 1.54) is 6.07 Å². The predicted octanol–water partition coefficient (Wildman–Crippen LogP) is 3.22. The number of aliphatic hydroxyl groups excluding tert-OH is 2. The highest BCUT2D eigenvalue weighted by atomic mass is 16.5. The van der Waals surface area contributed by atoms with Crippen molar-refractivity contribution >= 4 is 0 Å². The van der Waals surface area contributed by atoms with Crippen LogP contribution in [0.25, 0.3) is 0 Å². The SMILES string of the molecule is N#Cc1cccc(COCCOc2ccc(CCNC[C@@H](O)c3ccc(O)c(CO)c3)cc2)c1. The molecule has 3 aromatic rings. The Hall–Kier alpha value is -3.41. The highest BCUT2D eigenvalue weighted by Gasteiger charge is 2.10. The molecule has 0 saturated carbocycles. The smallest absolute Gasteiger partial charge is 0.121 e. The predicted molar refractivity (Wildman–Crippen MR) is 128 cm³/mol. The first-order chi connectivity index (χ1) is 16.6. The minimum Gasteiger partial charge on any atom is -0.508 e. The molecule has 4 N–H and O–H groups in total. The van der Waals surface area contributed by atoms with Gasteiger partial charge in [-0.05, 0) is 66.1 Å². The van der Waals surface area contributed by atoms with Gasteiger partial charge in [0.2, 0.25) is 0 Å². The lowest BCUT2D eigenvalue weighted by molar-refractivity contribution is 0.0889. The van der Waals surface area contributed by atoms with Crippen LogP contribution in [0.1, 0.15) is 33.9 Å². The zero-order valence-corrected chi connectivity index (χ0v) is 19.0. The molecular weight excluding hydrogens is 432 g/mol. The molecule has 0 radical (unpaired) electrons. The van der Waals surface area contributed by atoms with Gasteiger partial charge in [-0.15, -0.1) is 0 Å². The van der Waals surface area contributed by atoms with Crippen LogP contribution in [0.4, 0.5) is 0 Å². The van der Waals surface area contributed by atoms with Crippen LogP contribution in [0.15, 0.2) is 66.7 Å². The Bertz CT molecular complexity index is 1080. The van der Waals surface area contributed by atoms with E-state index >= 15 is 0 Å². The van der Waals surface area contributed by atoms with Crippen molar-refractivity contribution in [3.63, 3.8) is 0 Å². The molecule has 0 aromatic heterocycles. The summed E-state index contributed by atoms with van der Waals surface area (Å²) >= 11 is 0. The first-order valence-corrected chi connectivity index (χ1v) is 11.2. The number of nitrogens with zero attached hydrogens (tertiary/aromatic N) is 1. The van der Waals surface area contributed by atoms with Gasteiger partial charge in [0, 0.05) is 12.1 Å². The Balaban J connectivity index is 1.31. The van der Waals surface area contributed by atoms with Crippen molar-refractivity contribution in [1.82, 2.24) is 5.32 Å². The summed E-state index contributed by atoms with van der Waals surface area (Å²) in [5, 5.41) is 41.3. The molecule has 0 aliphatic rings. The quantitative estimate of drug-likeness (QED) is 0.288. The molecule has 0 amide bonds. The molecule has 0 unspecified atom stereocenters.